The molecule has 8 heteroatoms. The number of benzene rings is 3. The fourth-order valence-corrected chi connectivity index (χ4v) is 4.87. The minimum absolute atomic E-state index is 0.326. The molecule has 0 spiro atoms. The van der Waals surface area contributed by atoms with Crippen molar-refractivity contribution in [3.63, 3.8) is 0 Å². The number of nitrogens with one attached hydrogen (secondary N) is 1. The van der Waals surface area contributed by atoms with Crippen LogP contribution in [0, 0.1) is 5.82 Å². The summed E-state index contributed by atoms with van der Waals surface area (Å²) in [5.74, 6) is 0.512. The largest absolute Gasteiger partial charge is 0.351 e. The molecule has 0 saturated carbocycles. The molecule has 0 bridgehead atoms. The second-order valence-corrected chi connectivity index (χ2v) is 9.03. The molecule has 1 aliphatic rings. The van der Waals surface area contributed by atoms with Gasteiger partial charge < -0.3 is 9.84 Å². The molecule has 5 rings (SSSR count). The number of thiocarbonyl (C=S) groups is 1. The van der Waals surface area contributed by atoms with Gasteiger partial charge in [0.05, 0.1) is 11.6 Å². The fraction of sp³-hybridized carbons (Fsp3) is 0.115. The average Bonchev–Trinajstić information content (AvgIpc) is 3.34. The lowest BCUT2D eigenvalue weighted by Gasteiger charge is -2.37. The van der Waals surface area contributed by atoms with E-state index in [0.29, 0.717) is 22.4 Å². The van der Waals surface area contributed by atoms with Crippen molar-refractivity contribution in [3.8, 4) is 11.4 Å². The van der Waals surface area contributed by atoms with Crippen LogP contribution in [-0.2, 0) is 0 Å². The minimum atomic E-state index is -0.452. The highest BCUT2D eigenvalue weighted by Crippen LogP contribution is 2.39. The number of hydrogen-bond acceptors (Lipinski definition) is 5. The lowest BCUT2D eigenvalue weighted by molar-refractivity contribution is 0.404. The van der Waals surface area contributed by atoms with Gasteiger partial charge in [-0.15, -0.1) is 11.8 Å². The average molecular weight is 489 g/mol. The summed E-state index contributed by atoms with van der Waals surface area (Å²) in [7, 11) is 0. The molecular formula is C26H21FN4OS2. The first kappa shape index (κ1) is 22.3. The summed E-state index contributed by atoms with van der Waals surface area (Å²) in [6, 6.07) is 23.7. The smallest absolute Gasteiger partial charge is 0.258 e. The molecule has 0 radical (unpaired) electrons. The van der Waals surface area contributed by atoms with Gasteiger partial charge in [-0.3, -0.25) is 4.90 Å². The summed E-state index contributed by atoms with van der Waals surface area (Å²) in [6.45, 7) is 1.97. The number of aromatic nitrogens is 2. The van der Waals surface area contributed by atoms with Gasteiger partial charge in [-0.05, 0) is 61.3 Å². The van der Waals surface area contributed by atoms with Crippen molar-refractivity contribution >= 4 is 40.4 Å². The maximum Gasteiger partial charge on any atom is 0.258 e. The van der Waals surface area contributed by atoms with Crippen LogP contribution < -0.4 is 10.2 Å². The van der Waals surface area contributed by atoms with Gasteiger partial charge in [0.15, 0.2) is 5.11 Å². The molecule has 1 unspecified atom stereocenters. The number of rotatable bonds is 5. The van der Waals surface area contributed by atoms with Gasteiger partial charge in [0, 0.05) is 21.8 Å². The highest BCUT2D eigenvalue weighted by atomic mass is 32.2. The Balaban J connectivity index is 1.67. The first-order valence-corrected chi connectivity index (χ1v) is 12.3. The van der Waals surface area contributed by atoms with Crippen LogP contribution in [0.3, 0.4) is 0 Å². The Morgan fingerprint density at radius 2 is 1.82 bits per heavy atom. The van der Waals surface area contributed by atoms with E-state index in [4.69, 9.17) is 21.7 Å². The van der Waals surface area contributed by atoms with Crippen LogP contribution in [0.4, 0.5) is 10.1 Å². The first-order valence-electron chi connectivity index (χ1n) is 10.7. The first-order chi connectivity index (χ1) is 16.5. The van der Waals surface area contributed by atoms with E-state index in [1.807, 2.05) is 72.7 Å². The molecule has 3 aromatic carbocycles. The Morgan fingerprint density at radius 1 is 1.03 bits per heavy atom. The second-order valence-electron chi connectivity index (χ2n) is 7.76. The third-order valence-electron chi connectivity index (χ3n) is 5.67. The van der Waals surface area contributed by atoms with Crippen LogP contribution in [0.15, 0.2) is 94.0 Å². The van der Waals surface area contributed by atoms with Gasteiger partial charge in [-0.1, -0.05) is 53.7 Å². The van der Waals surface area contributed by atoms with Crippen molar-refractivity contribution in [2.75, 3.05) is 11.2 Å². The third-order valence-corrected chi connectivity index (χ3v) is 6.69. The quantitative estimate of drug-likeness (QED) is 0.255. The predicted molar refractivity (Wildman–Crippen MR) is 138 cm³/mol. The number of halogens is 1. The topological polar surface area (TPSA) is 54.2 Å². The van der Waals surface area contributed by atoms with Crippen LogP contribution in [-0.4, -0.2) is 21.5 Å². The maximum absolute atomic E-state index is 14.2. The lowest BCUT2D eigenvalue weighted by Crippen LogP contribution is -2.46. The highest BCUT2D eigenvalue weighted by Gasteiger charge is 2.35. The van der Waals surface area contributed by atoms with E-state index in [9.17, 15) is 4.39 Å². The van der Waals surface area contributed by atoms with Gasteiger partial charge in [-0.2, -0.15) is 4.98 Å². The van der Waals surface area contributed by atoms with Crippen molar-refractivity contribution in [3.05, 3.63) is 102 Å². The fourth-order valence-electron chi connectivity index (χ4n) is 4.05. The van der Waals surface area contributed by atoms with E-state index in [0.717, 1.165) is 27.4 Å². The van der Waals surface area contributed by atoms with Crippen LogP contribution in [0.5, 0.6) is 0 Å². The summed E-state index contributed by atoms with van der Waals surface area (Å²) in [4.78, 5) is 7.76. The van der Waals surface area contributed by atoms with Gasteiger partial charge in [0.2, 0.25) is 5.82 Å². The molecule has 0 aliphatic carbocycles. The monoisotopic (exact) mass is 488 g/mol. The predicted octanol–water partition coefficient (Wildman–Crippen LogP) is 6.46. The lowest BCUT2D eigenvalue weighted by atomic mass is 9.94. The van der Waals surface area contributed by atoms with Crippen molar-refractivity contribution in [1.29, 1.82) is 0 Å². The number of hydrogen-bond donors (Lipinski definition) is 1. The molecular weight excluding hydrogens is 467 g/mol. The highest BCUT2D eigenvalue weighted by molar-refractivity contribution is 7.98. The molecule has 1 atom stereocenters. The molecule has 5 nitrogen and oxygen atoms in total. The van der Waals surface area contributed by atoms with Crippen LogP contribution in [0.25, 0.3) is 17.0 Å². The van der Waals surface area contributed by atoms with Crippen LogP contribution >= 0.6 is 24.0 Å². The van der Waals surface area contributed by atoms with Gasteiger partial charge in [0.1, 0.15) is 5.82 Å². The second kappa shape index (κ2) is 9.40. The van der Waals surface area contributed by atoms with Crippen LogP contribution in [0.1, 0.15) is 24.4 Å². The van der Waals surface area contributed by atoms with Crippen molar-refractivity contribution in [2.45, 2.75) is 17.9 Å². The Morgan fingerprint density at radius 3 is 2.59 bits per heavy atom. The standard InChI is InChI=1S/C26H21FN4OS2/c1-16-22(25-29-24(30-32-25)17-8-4-3-5-9-17)23(18-10-6-11-19(27)14-18)28-26(33)31(16)20-12-7-13-21(15-20)34-2/h3-15,23H,1-2H3,(H,28,33). The molecule has 1 aliphatic heterocycles. The van der Waals surface area contributed by atoms with E-state index in [1.54, 1.807) is 17.8 Å². The van der Waals surface area contributed by atoms with E-state index < -0.39 is 6.04 Å². The molecule has 4 aromatic rings. The number of thioether (sulfide) groups is 1. The molecule has 0 saturated heterocycles. The van der Waals surface area contributed by atoms with Gasteiger partial charge in [0.25, 0.3) is 5.89 Å². The zero-order chi connectivity index (χ0) is 23.7. The van der Waals surface area contributed by atoms with Gasteiger partial charge in [-0.25, -0.2) is 4.39 Å². The summed E-state index contributed by atoms with van der Waals surface area (Å²) in [6.07, 6.45) is 2.03. The molecule has 1 aromatic heterocycles. The number of anilines is 1. The molecule has 0 fully saturated rings. The van der Waals surface area contributed by atoms with Crippen molar-refractivity contribution in [2.24, 2.45) is 0 Å². The van der Waals surface area contributed by atoms with E-state index in [2.05, 4.69) is 16.5 Å². The summed E-state index contributed by atoms with van der Waals surface area (Å²) in [5.41, 5.74) is 4.05. The van der Waals surface area contributed by atoms with Gasteiger partial charge >= 0.3 is 0 Å². The summed E-state index contributed by atoms with van der Waals surface area (Å²) in [5, 5.41) is 8.09. The number of allylic oxidation sites excluding steroid dienone is 1. The SMILES string of the molecule is CSc1cccc(N2C(=S)NC(c3cccc(F)c3)C(c3nc(-c4ccccc4)no3)=C2C)c1. The molecule has 170 valence electrons. The Hall–Kier alpha value is -3.49. The summed E-state index contributed by atoms with van der Waals surface area (Å²) >= 11 is 7.43. The zero-order valence-corrected chi connectivity index (χ0v) is 20.2. The van der Waals surface area contributed by atoms with Crippen molar-refractivity contribution < 1.29 is 8.91 Å². The van der Waals surface area contributed by atoms with Crippen molar-refractivity contribution in [1.82, 2.24) is 15.5 Å². The Labute approximate surface area is 206 Å². The van der Waals surface area contributed by atoms with E-state index >= 15 is 0 Å². The maximum atomic E-state index is 14.2. The molecule has 34 heavy (non-hydrogen) atoms. The van der Waals surface area contributed by atoms with E-state index in [-0.39, 0.29) is 5.82 Å². The number of nitrogens with zero attached hydrogens (tertiary/aromatic N) is 3. The normalized spacial score (nSPS) is 16.0. The third kappa shape index (κ3) is 4.22. The Kier molecular flexibility index (Phi) is 6.17. The zero-order valence-electron chi connectivity index (χ0n) is 18.5. The minimum Gasteiger partial charge on any atom is -0.351 e. The van der Waals surface area contributed by atoms with E-state index in [1.165, 1.54) is 12.1 Å². The molecule has 1 N–H and O–H groups in total. The Bertz CT molecular complexity index is 1390. The van der Waals surface area contributed by atoms with Crippen LogP contribution in [0.2, 0.25) is 0 Å². The summed E-state index contributed by atoms with van der Waals surface area (Å²) < 4.78 is 19.9. The molecule has 2 heterocycles. The molecule has 0 amide bonds.